The molecule has 0 aromatic rings. The SMILES string of the molecule is N#CCC(=O)NCCN. The van der Waals surface area contributed by atoms with Crippen molar-refractivity contribution < 1.29 is 4.79 Å². The Hall–Kier alpha value is -1.08. The Kier molecular flexibility index (Phi) is 4.46. The molecule has 0 radical (unpaired) electrons. The summed E-state index contributed by atoms with van der Waals surface area (Å²) in [7, 11) is 0. The zero-order chi connectivity index (χ0) is 7.11. The quantitative estimate of drug-likeness (QED) is 0.509. The maximum Gasteiger partial charge on any atom is 0.234 e. The average molecular weight is 127 g/mol. The summed E-state index contributed by atoms with van der Waals surface area (Å²) in [5, 5.41) is 10.4. The number of hydrogen-bond donors (Lipinski definition) is 2. The van der Waals surface area contributed by atoms with Gasteiger partial charge in [-0.15, -0.1) is 0 Å². The summed E-state index contributed by atoms with van der Waals surface area (Å²) in [4.78, 5) is 10.4. The molecule has 0 heterocycles. The van der Waals surface area contributed by atoms with Crippen LogP contribution in [0.15, 0.2) is 0 Å². The molecule has 4 nitrogen and oxygen atoms in total. The van der Waals surface area contributed by atoms with Gasteiger partial charge in [-0.25, -0.2) is 0 Å². The lowest BCUT2D eigenvalue weighted by Crippen LogP contribution is -2.28. The smallest absolute Gasteiger partial charge is 0.234 e. The van der Waals surface area contributed by atoms with Gasteiger partial charge in [-0.3, -0.25) is 4.79 Å². The van der Waals surface area contributed by atoms with Gasteiger partial charge in [0.25, 0.3) is 0 Å². The molecule has 0 aliphatic carbocycles. The van der Waals surface area contributed by atoms with Crippen molar-refractivity contribution >= 4 is 5.91 Å². The Morgan fingerprint density at radius 3 is 2.89 bits per heavy atom. The third-order valence-electron chi connectivity index (χ3n) is 0.706. The fraction of sp³-hybridized carbons (Fsp3) is 0.600. The predicted molar refractivity (Wildman–Crippen MR) is 32.3 cm³/mol. The van der Waals surface area contributed by atoms with Gasteiger partial charge in [0.15, 0.2) is 0 Å². The number of carbonyl (C=O) groups excluding carboxylic acids is 1. The molecule has 0 saturated carbocycles. The van der Waals surface area contributed by atoms with Crippen LogP contribution in [0.1, 0.15) is 6.42 Å². The number of carbonyl (C=O) groups is 1. The van der Waals surface area contributed by atoms with Crippen LogP contribution in [-0.2, 0) is 4.79 Å². The van der Waals surface area contributed by atoms with Crippen LogP contribution in [-0.4, -0.2) is 19.0 Å². The fourth-order valence-electron chi connectivity index (χ4n) is 0.346. The normalized spacial score (nSPS) is 8.00. The van der Waals surface area contributed by atoms with Gasteiger partial charge in [-0.2, -0.15) is 5.26 Å². The summed E-state index contributed by atoms with van der Waals surface area (Å²) in [6, 6.07) is 1.72. The van der Waals surface area contributed by atoms with Crippen molar-refractivity contribution in [3.05, 3.63) is 0 Å². The van der Waals surface area contributed by atoms with E-state index in [-0.39, 0.29) is 12.3 Å². The molecule has 0 spiro atoms. The topological polar surface area (TPSA) is 78.9 Å². The van der Waals surface area contributed by atoms with E-state index in [1.165, 1.54) is 0 Å². The van der Waals surface area contributed by atoms with Crippen molar-refractivity contribution in [1.29, 1.82) is 5.26 Å². The molecule has 0 fully saturated rings. The number of nitrogens with two attached hydrogens (primary N) is 1. The van der Waals surface area contributed by atoms with Crippen molar-refractivity contribution in [2.24, 2.45) is 5.73 Å². The lowest BCUT2D eigenvalue weighted by molar-refractivity contribution is -0.120. The van der Waals surface area contributed by atoms with Crippen LogP contribution < -0.4 is 11.1 Å². The summed E-state index contributed by atoms with van der Waals surface area (Å²) >= 11 is 0. The van der Waals surface area contributed by atoms with Gasteiger partial charge in [0.05, 0.1) is 6.07 Å². The minimum atomic E-state index is -0.261. The van der Waals surface area contributed by atoms with Crippen LogP contribution >= 0.6 is 0 Å². The van der Waals surface area contributed by atoms with Crippen LogP contribution in [0.25, 0.3) is 0 Å². The van der Waals surface area contributed by atoms with Crippen molar-refractivity contribution in [2.45, 2.75) is 6.42 Å². The van der Waals surface area contributed by atoms with Gasteiger partial charge < -0.3 is 11.1 Å². The molecular formula is C5H9N3O. The second-order valence-corrected chi connectivity index (χ2v) is 1.47. The molecule has 0 aromatic heterocycles. The summed E-state index contributed by atoms with van der Waals surface area (Å²) in [6.45, 7) is 0.859. The molecule has 0 aromatic carbocycles. The number of amides is 1. The zero-order valence-corrected chi connectivity index (χ0v) is 5.05. The molecule has 1 amide bonds. The van der Waals surface area contributed by atoms with E-state index in [1.54, 1.807) is 6.07 Å². The van der Waals surface area contributed by atoms with Gasteiger partial charge in [-0.1, -0.05) is 0 Å². The van der Waals surface area contributed by atoms with Crippen LogP contribution in [0, 0.1) is 11.3 Å². The highest BCUT2D eigenvalue weighted by molar-refractivity contribution is 5.77. The molecule has 0 atom stereocenters. The first-order chi connectivity index (χ1) is 4.31. The second-order valence-electron chi connectivity index (χ2n) is 1.47. The molecule has 50 valence electrons. The first-order valence-corrected chi connectivity index (χ1v) is 2.65. The number of rotatable bonds is 3. The highest BCUT2D eigenvalue weighted by Crippen LogP contribution is 1.71. The number of nitriles is 1. The maximum absolute atomic E-state index is 10.4. The van der Waals surface area contributed by atoms with Crippen LogP contribution in [0.2, 0.25) is 0 Å². The molecule has 9 heavy (non-hydrogen) atoms. The molecule has 3 N–H and O–H groups in total. The van der Waals surface area contributed by atoms with E-state index < -0.39 is 0 Å². The molecule has 4 heteroatoms. The van der Waals surface area contributed by atoms with Gasteiger partial charge in [0.2, 0.25) is 5.91 Å². The van der Waals surface area contributed by atoms with E-state index in [9.17, 15) is 4.79 Å². The van der Waals surface area contributed by atoms with E-state index in [0.29, 0.717) is 13.1 Å². The lowest BCUT2D eigenvalue weighted by Gasteiger charge is -1.96. The second kappa shape index (κ2) is 5.06. The average Bonchev–Trinajstić information content (AvgIpc) is 1.85. The Morgan fingerprint density at radius 2 is 2.44 bits per heavy atom. The predicted octanol–water partition coefficient (Wildman–Crippen LogP) is -1.03. The minimum Gasteiger partial charge on any atom is -0.354 e. The molecule has 0 aliphatic heterocycles. The summed E-state index contributed by atoms with van der Waals surface area (Å²) in [6.07, 6.45) is -0.0833. The van der Waals surface area contributed by atoms with Crippen LogP contribution in [0.3, 0.4) is 0 Å². The number of hydrogen-bond acceptors (Lipinski definition) is 3. The minimum absolute atomic E-state index is 0.0833. The molecule has 0 aliphatic rings. The zero-order valence-electron chi connectivity index (χ0n) is 5.05. The molecule has 0 saturated heterocycles. The number of nitrogens with one attached hydrogen (secondary N) is 1. The van der Waals surface area contributed by atoms with Gasteiger partial charge in [0.1, 0.15) is 6.42 Å². The van der Waals surface area contributed by atoms with Gasteiger partial charge in [-0.05, 0) is 0 Å². The van der Waals surface area contributed by atoms with E-state index >= 15 is 0 Å². The molecule has 0 rings (SSSR count). The largest absolute Gasteiger partial charge is 0.354 e. The maximum atomic E-state index is 10.4. The third kappa shape index (κ3) is 4.78. The first kappa shape index (κ1) is 7.92. The van der Waals surface area contributed by atoms with Crippen LogP contribution in [0.4, 0.5) is 0 Å². The van der Waals surface area contributed by atoms with Gasteiger partial charge in [0, 0.05) is 13.1 Å². The van der Waals surface area contributed by atoms with Crippen molar-refractivity contribution in [2.75, 3.05) is 13.1 Å². The third-order valence-corrected chi connectivity index (χ3v) is 0.706. The Morgan fingerprint density at radius 1 is 1.78 bits per heavy atom. The van der Waals surface area contributed by atoms with Crippen molar-refractivity contribution in [3.8, 4) is 6.07 Å². The summed E-state index contributed by atoms with van der Waals surface area (Å²) < 4.78 is 0. The van der Waals surface area contributed by atoms with E-state index in [4.69, 9.17) is 11.0 Å². The fourth-order valence-corrected chi connectivity index (χ4v) is 0.346. The van der Waals surface area contributed by atoms with Crippen molar-refractivity contribution in [3.63, 3.8) is 0 Å². The molecule has 0 unspecified atom stereocenters. The van der Waals surface area contributed by atoms with E-state index in [1.807, 2.05) is 0 Å². The molecule has 0 bridgehead atoms. The highest BCUT2D eigenvalue weighted by Gasteiger charge is 1.94. The Labute approximate surface area is 53.6 Å². The monoisotopic (exact) mass is 127 g/mol. The van der Waals surface area contributed by atoms with Gasteiger partial charge >= 0.3 is 0 Å². The van der Waals surface area contributed by atoms with E-state index in [2.05, 4.69) is 5.32 Å². The lowest BCUT2D eigenvalue weighted by atomic mass is 10.4. The Bertz CT molecular complexity index is 127. The summed E-state index contributed by atoms with van der Waals surface area (Å²) in [5.74, 6) is -0.261. The summed E-state index contributed by atoms with van der Waals surface area (Å²) in [5.41, 5.74) is 5.08. The van der Waals surface area contributed by atoms with Crippen molar-refractivity contribution in [1.82, 2.24) is 5.32 Å². The molecular weight excluding hydrogens is 118 g/mol. The van der Waals surface area contributed by atoms with Crippen LogP contribution in [0.5, 0.6) is 0 Å². The number of nitrogens with zero attached hydrogens (tertiary/aromatic N) is 1. The highest BCUT2D eigenvalue weighted by atomic mass is 16.1. The Balaban J connectivity index is 3.19. The first-order valence-electron chi connectivity index (χ1n) is 2.65. The standard InChI is InChI=1S/C5H9N3O/c6-2-1-5(9)8-4-3-7/h1,3-4,7H2,(H,8,9). The van der Waals surface area contributed by atoms with E-state index in [0.717, 1.165) is 0 Å².